The summed E-state index contributed by atoms with van der Waals surface area (Å²) in [7, 11) is -14.1. The number of aliphatic imine (C=N–C) groups is 1. The van der Waals surface area contributed by atoms with Crippen molar-refractivity contribution in [1.29, 1.82) is 0 Å². The summed E-state index contributed by atoms with van der Waals surface area (Å²) in [5.74, 6) is -3.72. The third-order valence-corrected chi connectivity index (χ3v) is 43.0. The Labute approximate surface area is 318 Å². The minimum atomic E-state index is -5.26. The summed E-state index contributed by atoms with van der Waals surface area (Å²) < 4.78 is 117. The molecule has 1 N–H and O–H groups in total. The number of carbonyl (C=O) groups is 2. The van der Waals surface area contributed by atoms with Crippen molar-refractivity contribution in [2.24, 2.45) is 10.9 Å². The van der Waals surface area contributed by atoms with Gasteiger partial charge in [0.1, 0.15) is 33.2 Å². The van der Waals surface area contributed by atoms with E-state index in [0.29, 0.717) is 35.1 Å². The molecule has 0 spiro atoms. The molecule has 1 aliphatic heterocycles. The van der Waals surface area contributed by atoms with Crippen molar-refractivity contribution in [2.75, 3.05) is 32.1 Å². The fraction of sp³-hybridized carbons (Fsp3) is 0.500. The molecule has 0 saturated heterocycles. The van der Waals surface area contributed by atoms with Crippen molar-refractivity contribution >= 4 is 90.2 Å². The minimum Gasteiger partial charge on any atom is -0.480 e. The molecule has 3 atom stereocenters. The van der Waals surface area contributed by atoms with Crippen LogP contribution in [0.2, 0.25) is 6.04 Å². The molecule has 1 saturated carbocycles. The minimum absolute atomic E-state index is 0.0208. The highest BCUT2D eigenvalue weighted by molar-refractivity contribution is 9.10. The number of benzene rings is 1. The van der Waals surface area contributed by atoms with Crippen molar-refractivity contribution in [1.82, 2.24) is 14.9 Å². The topological polar surface area (TPSA) is 217 Å². The van der Waals surface area contributed by atoms with Crippen LogP contribution in [-0.4, -0.2) is 110 Å². The first-order chi connectivity index (χ1) is 24.1. The zero-order chi connectivity index (χ0) is 40.2. The van der Waals surface area contributed by atoms with Gasteiger partial charge in [0.2, 0.25) is 0 Å². The van der Waals surface area contributed by atoms with Gasteiger partial charge in [0, 0.05) is 42.9 Å². The summed E-state index contributed by atoms with van der Waals surface area (Å²) >= 11 is 3.79. The van der Waals surface area contributed by atoms with Gasteiger partial charge in [0.25, 0.3) is 0 Å². The number of halogens is 3. The average Bonchev–Trinajstić information content (AvgIpc) is 3.75. The van der Waals surface area contributed by atoms with Crippen LogP contribution < -0.4 is 0 Å². The third kappa shape index (κ3) is 8.54. The summed E-state index contributed by atoms with van der Waals surface area (Å²) in [5, 5.41) is 10.1. The molecule has 0 radical (unpaired) electrons. The summed E-state index contributed by atoms with van der Waals surface area (Å²) in [4.78, 5) is 39.7. The lowest BCUT2D eigenvalue weighted by molar-refractivity contribution is -0.137. The number of carbonyl (C=O) groups excluding carboxylic acids is 1. The molecule has 15 nitrogen and oxygen atoms in total. The predicted molar refractivity (Wildman–Crippen MR) is 200 cm³/mol. The quantitative estimate of drug-likeness (QED) is 0.179. The summed E-state index contributed by atoms with van der Waals surface area (Å²) in [6.45, 7) is 4.47. The number of aliphatic carboxylic acids is 1. The molecule has 1 aliphatic carbocycles. The Bertz CT molecular complexity index is 2140. The summed E-state index contributed by atoms with van der Waals surface area (Å²) in [5.41, 5.74) is -8.12. The number of rotatable bonds is 12. The van der Waals surface area contributed by atoms with Crippen molar-refractivity contribution in [2.45, 2.75) is 56.0 Å². The maximum absolute atomic E-state index is 15.7. The largest absolute Gasteiger partial charge is 0.480 e. The molecule has 2 heterocycles. The highest BCUT2D eigenvalue weighted by Gasteiger charge is 2.72. The molecule has 2 aliphatic rings. The number of hydrogen-bond donors (Lipinski definition) is 1. The van der Waals surface area contributed by atoms with Crippen LogP contribution in [-0.2, 0) is 47.7 Å². The van der Waals surface area contributed by atoms with Crippen molar-refractivity contribution in [3.8, 4) is 0 Å². The fourth-order valence-corrected chi connectivity index (χ4v) is 34.8. The van der Waals surface area contributed by atoms with Crippen LogP contribution in [0.4, 0.5) is 13.6 Å². The van der Waals surface area contributed by atoms with Gasteiger partial charge in [-0.15, -0.1) is 0 Å². The Hall–Kier alpha value is -2.83. The first-order valence-electron chi connectivity index (χ1n) is 15.4. The molecule has 3 unspecified atom stereocenters. The van der Waals surface area contributed by atoms with Crippen LogP contribution in [0.1, 0.15) is 50.9 Å². The number of thioether (sulfide) groups is 1. The Balaban J connectivity index is 1.78. The Morgan fingerprint density at radius 1 is 1.09 bits per heavy atom. The van der Waals surface area contributed by atoms with Gasteiger partial charge in [-0.05, 0) is 73.8 Å². The number of fused-ring (bicyclic) bond motifs is 1. The fourth-order valence-electron chi connectivity index (χ4n) is 6.03. The van der Waals surface area contributed by atoms with Gasteiger partial charge in [0.15, 0.2) is 38.9 Å². The van der Waals surface area contributed by atoms with Crippen LogP contribution in [0.25, 0.3) is 11.9 Å². The van der Waals surface area contributed by atoms with Gasteiger partial charge in [0.05, 0.1) is 17.9 Å². The van der Waals surface area contributed by atoms with Gasteiger partial charge in [-0.1, -0.05) is 17.8 Å². The number of aromatic nitrogens is 2. The standard InChI is InChI=1S/C30H37BrF2N4O11S4Si/c1-28(2,3)48-27(40)37(17-47-10-11-53(50(5,41)42,51(6,43)44)52(7,45)46)26-36-29(4,23-14-30(23,49-26)25(38)39)19-12-18(8-9-20(19)32)13-21(33)22-15-35-24(31)16-34-22/h8-9,12-13,15-16,23H,10-11,14,17H2,1-7H3,(H,38,39). The Morgan fingerprint density at radius 3 is 2.21 bits per heavy atom. The molecule has 2 aromatic rings. The number of carboxylic acid groups (broad SMARTS) is 1. The van der Waals surface area contributed by atoms with E-state index >= 15 is 8.78 Å². The number of nitrogens with zero attached hydrogens (tertiary/aromatic N) is 4. The van der Waals surface area contributed by atoms with Gasteiger partial charge < -0.3 is 14.6 Å². The SMILES string of the molecule is CC(C)(C)OC(=O)N(COCC[Si](S(C)(=O)=O)(S(C)(=O)=O)S(C)(=O)=O)C1=NC(C)(c2cc(C=C(F)c3cnc(Br)cn3)ccc2F)C2CC2(C(=O)O)S1. The molecule has 1 amide bonds. The van der Waals surface area contributed by atoms with Crippen molar-refractivity contribution < 1.29 is 58.2 Å². The van der Waals surface area contributed by atoms with E-state index in [1.807, 2.05) is 0 Å². The number of amides is 1. The highest BCUT2D eigenvalue weighted by Crippen LogP contribution is 2.66. The molecule has 4 rings (SSSR count). The number of carboxylic acids is 1. The molecule has 0 bridgehead atoms. The maximum atomic E-state index is 15.7. The monoisotopic (exact) mass is 902 g/mol. The Kier molecular flexibility index (Phi) is 11.9. The lowest BCUT2D eigenvalue weighted by Gasteiger charge is -2.37. The molecular weight excluding hydrogens is 867 g/mol. The van der Waals surface area contributed by atoms with Crippen LogP contribution in [0.15, 0.2) is 40.2 Å². The first kappa shape index (κ1) is 42.9. The summed E-state index contributed by atoms with van der Waals surface area (Å²) in [6.07, 6.45) is 3.98. The molecule has 23 heteroatoms. The molecule has 292 valence electrons. The van der Waals surface area contributed by atoms with E-state index in [9.17, 15) is 39.9 Å². The van der Waals surface area contributed by atoms with Gasteiger partial charge in [-0.3, -0.25) is 9.79 Å². The third-order valence-electron chi connectivity index (χ3n) is 8.56. The second-order valence-corrected chi connectivity index (χ2v) is 37.6. The second kappa shape index (κ2) is 14.7. The van der Waals surface area contributed by atoms with Crippen LogP contribution >= 0.6 is 27.7 Å². The Morgan fingerprint density at radius 2 is 1.70 bits per heavy atom. The van der Waals surface area contributed by atoms with Gasteiger partial charge >= 0.3 is 17.6 Å². The first-order valence-corrected chi connectivity index (χ1v) is 27.1. The van der Waals surface area contributed by atoms with Crippen LogP contribution in [0, 0.1) is 11.7 Å². The smallest absolute Gasteiger partial charge is 0.454 e. The number of hydrogen-bond acceptors (Lipinski definition) is 14. The second-order valence-electron chi connectivity index (χ2n) is 13.7. The van der Waals surface area contributed by atoms with E-state index in [1.54, 1.807) is 0 Å². The van der Waals surface area contributed by atoms with Crippen molar-refractivity contribution in [3.63, 3.8) is 0 Å². The molecule has 1 fully saturated rings. The van der Waals surface area contributed by atoms with E-state index in [1.165, 1.54) is 52.2 Å². The normalized spacial score (nSPS) is 22.4. The molecule has 1 aromatic carbocycles. The maximum Gasteiger partial charge on any atom is 0.454 e. The van der Waals surface area contributed by atoms with E-state index in [-0.39, 0.29) is 28.4 Å². The molecule has 1 aromatic heterocycles. The predicted octanol–water partition coefficient (Wildman–Crippen LogP) is 4.29. The molecule has 53 heavy (non-hydrogen) atoms. The van der Waals surface area contributed by atoms with Crippen molar-refractivity contribution in [3.05, 3.63) is 57.8 Å². The van der Waals surface area contributed by atoms with E-state index < -0.39 is 98.3 Å². The number of ether oxygens (including phenoxy) is 2. The zero-order valence-corrected chi connectivity index (χ0v) is 35.3. The van der Waals surface area contributed by atoms with Crippen LogP contribution in [0.5, 0.6) is 0 Å². The summed E-state index contributed by atoms with van der Waals surface area (Å²) in [6, 6.07) is 2.70. The highest BCUT2D eigenvalue weighted by atomic mass is 79.9. The van der Waals surface area contributed by atoms with Crippen LogP contribution in [0.3, 0.4) is 0 Å². The lowest BCUT2D eigenvalue weighted by atomic mass is 9.84. The van der Waals surface area contributed by atoms with E-state index in [0.717, 1.165) is 17.0 Å². The van der Waals surface area contributed by atoms with Gasteiger partial charge in [-0.25, -0.2) is 53.7 Å². The van der Waals surface area contributed by atoms with Gasteiger partial charge in [-0.2, -0.15) is 0 Å². The van der Waals surface area contributed by atoms with E-state index in [2.05, 4.69) is 30.9 Å². The molecular formula is C30H37BrF2N4O11S4Si. The lowest BCUT2D eigenvalue weighted by Crippen LogP contribution is -2.58. The van der Waals surface area contributed by atoms with E-state index in [4.69, 9.17) is 9.47 Å². The zero-order valence-electron chi connectivity index (χ0n) is 29.5. The average molecular weight is 904 g/mol. The number of amidine groups is 1.